The predicted octanol–water partition coefficient (Wildman–Crippen LogP) is -0.824. The Morgan fingerprint density at radius 1 is 1.13 bits per heavy atom. The number of hydrogen-bond acceptors (Lipinski definition) is 6. The Labute approximate surface area is 179 Å². The van der Waals surface area contributed by atoms with Crippen molar-refractivity contribution in [1.29, 1.82) is 0 Å². The van der Waals surface area contributed by atoms with Gasteiger partial charge in [0.05, 0.1) is 0 Å². The quantitative estimate of drug-likeness (QED) is 0.508. The summed E-state index contributed by atoms with van der Waals surface area (Å²) in [6.45, 7) is 4.81. The first kappa shape index (κ1) is 22.4. The van der Waals surface area contributed by atoms with Gasteiger partial charge < -0.3 is 25.5 Å². The van der Waals surface area contributed by atoms with Crippen molar-refractivity contribution in [3.63, 3.8) is 0 Å². The van der Waals surface area contributed by atoms with E-state index in [0.717, 1.165) is 0 Å². The summed E-state index contributed by atoms with van der Waals surface area (Å²) < 4.78 is 0. The first-order valence-corrected chi connectivity index (χ1v) is 11.2. The molecule has 11 heteroatoms. The van der Waals surface area contributed by atoms with Crippen LogP contribution in [0.3, 0.4) is 0 Å². The number of aliphatic carboxylic acids is 1. The van der Waals surface area contributed by atoms with Gasteiger partial charge in [0.15, 0.2) is 0 Å². The van der Waals surface area contributed by atoms with E-state index in [1.54, 1.807) is 21.6 Å². The molecule has 2 bridgehead atoms. The van der Waals surface area contributed by atoms with Crippen LogP contribution in [-0.2, 0) is 24.0 Å². The molecule has 0 aromatic carbocycles. The fourth-order valence-corrected chi connectivity index (χ4v) is 5.74. The molecular formula is C19H28N4O6S. The van der Waals surface area contributed by atoms with Crippen LogP contribution in [0, 0.1) is 0 Å². The minimum Gasteiger partial charge on any atom is -0.480 e. The van der Waals surface area contributed by atoms with Gasteiger partial charge >= 0.3 is 5.97 Å². The summed E-state index contributed by atoms with van der Waals surface area (Å²) >= 11 is 1.74. The third-order valence-electron chi connectivity index (χ3n) is 6.02. The molecule has 3 N–H and O–H groups in total. The van der Waals surface area contributed by atoms with E-state index in [1.165, 1.54) is 20.8 Å². The summed E-state index contributed by atoms with van der Waals surface area (Å²) in [4.78, 5) is 64.5. The van der Waals surface area contributed by atoms with E-state index in [4.69, 9.17) is 5.11 Å². The number of amides is 4. The van der Waals surface area contributed by atoms with Gasteiger partial charge in [-0.3, -0.25) is 24.0 Å². The first-order valence-electron chi connectivity index (χ1n) is 10.1. The lowest BCUT2D eigenvalue weighted by atomic mass is 10.1. The van der Waals surface area contributed by atoms with Gasteiger partial charge in [-0.1, -0.05) is 0 Å². The average molecular weight is 441 g/mol. The molecule has 0 aromatic heterocycles. The number of fused-ring (bicyclic) bond motifs is 3. The molecule has 3 aliphatic rings. The lowest BCUT2D eigenvalue weighted by molar-refractivity contribution is -0.147. The molecule has 30 heavy (non-hydrogen) atoms. The third-order valence-corrected chi connectivity index (χ3v) is 7.41. The fourth-order valence-electron chi connectivity index (χ4n) is 4.33. The van der Waals surface area contributed by atoms with Crippen LogP contribution in [0.25, 0.3) is 0 Å². The number of rotatable bonds is 5. The molecule has 3 rings (SSSR count). The Kier molecular flexibility index (Phi) is 6.59. The minimum atomic E-state index is -1.17. The van der Waals surface area contributed by atoms with E-state index in [0.29, 0.717) is 31.6 Å². The molecule has 0 saturated carbocycles. The standard InChI is InChI=1S/C19H28N4O6S/c1-9(16(25)21-10(2)19(28)29)20-17(26)14-5-4-12-8-30-13-6-15(18(27)23(12)14)22(7-13)11(3)24/h9-10,12-15H,4-8H2,1-3H3,(H,20,26)(H,21,25)(H,28,29)/t9-,10-,12-,13-,14-,15-/m0/s1. The number of nitrogens with zero attached hydrogens (tertiary/aromatic N) is 2. The van der Waals surface area contributed by atoms with Crippen molar-refractivity contribution in [1.82, 2.24) is 20.4 Å². The first-order chi connectivity index (χ1) is 14.1. The second-order valence-electron chi connectivity index (χ2n) is 8.17. The number of carbonyl (C=O) groups is 5. The fraction of sp³-hybridized carbons (Fsp3) is 0.737. The van der Waals surface area contributed by atoms with E-state index in [1.807, 2.05) is 0 Å². The predicted molar refractivity (Wildman–Crippen MR) is 109 cm³/mol. The monoisotopic (exact) mass is 440 g/mol. The molecule has 3 aliphatic heterocycles. The molecule has 166 valence electrons. The maximum atomic E-state index is 13.3. The van der Waals surface area contributed by atoms with Crippen LogP contribution >= 0.6 is 11.8 Å². The van der Waals surface area contributed by atoms with Crippen LogP contribution in [0.5, 0.6) is 0 Å². The van der Waals surface area contributed by atoms with Crippen LogP contribution in [0.1, 0.15) is 40.0 Å². The van der Waals surface area contributed by atoms with E-state index in [2.05, 4.69) is 10.6 Å². The maximum Gasteiger partial charge on any atom is 0.325 e. The highest BCUT2D eigenvalue weighted by Crippen LogP contribution is 2.37. The van der Waals surface area contributed by atoms with Crippen molar-refractivity contribution >= 4 is 41.4 Å². The van der Waals surface area contributed by atoms with Crippen molar-refractivity contribution in [3.8, 4) is 0 Å². The van der Waals surface area contributed by atoms with Crippen LogP contribution in [0.4, 0.5) is 0 Å². The molecule has 4 amide bonds. The number of nitrogens with one attached hydrogen (secondary N) is 2. The van der Waals surface area contributed by atoms with Crippen LogP contribution < -0.4 is 10.6 Å². The van der Waals surface area contributed by atoms with Gasteiger partial charge in [-0.2, -0.15) is 11.8 Å². The molecule has 0 radical (unpaired) electrons. The topological polar surface area (TPSA) is 136 Å². The van der Waals surface area contributed by atoms with Gasteiger partial charge in [0.1, 0.15) is 24.2 Å². The van der Waals surface area contributed by atoms with Crippen molar-refractivity contribution in [2.24, 2.45) is 0 Å². The van der Waals surface area contributed by atoms with Gasteiger partial charge in [-0.15, -0.1) is 0 Å². The van der Waals surface area contributed by atoms with Gasteiger partial charge in [0.2, 0.25) is 23.6 Å². The van der Waals surface area contributed by atoms with Crippen molar-refractivity contribution in [3.05, 3.63) is 0 Å². The van der Waals surface area contributed by atoms with Crippen molar-refractivity contribution < 1.29 is 29.1 Å². The molecule has 0 spiro atoms. The SMILES string of the molecule is CC(=O)N1C[C@@H]2C[C@H]1C(=O)N1[C@@H](CC[C@H]1C(=O)N[C@@H](C)C(=O)N[C@@H](C)C(=O)O)CS2. The van der Waals surface area contributed by atoms with Crippen molar-refractivity contribution in [2.75, 3.05) is 12.3 Å². The second-order valence-corrected chi connectivity index (χ2v) is 9.50. The Morgan fingerprint density at radius 2 is 1.83 bits per heavy atom. The Morgan fingerprint density at radius 3 is 2.47 bits per heavy atom. The molecule has 3 fully saturated rings. The highest BCUT2D eigenvalue weighted by Gasteiger charge is 2.49. The summed E-state index contributed by atoms with van der Waals surface area (Å²) in [5.41, 5.74) is 0. The average Bonchev–Trinajstić information content (AvgIpc) is 3.29. The number of carbonyl (C=O) groups excluding carboxylic acids is 4. The zero-order chi connectivity index (χ0) is 22.2. The summed E-state index contributed by atoms with van der Waals surface area (Å²) in [7, 11) is 0. The van der Waals surface area contributed by atoms with Gasteiger partial charge in [-0.05, 0) is 33.1 Å². The molecule has 0 aliphatic carbocycles. The highest BCUT2D eigenvalue weighted by molar-refractivity contribution is 8.00. The highest BCUT2D eigenvalue weighted by atomic mass is 32.2. The Balaban J connectivity index is 1.70. The molecule has 3 heterocycles. The second kappa shape index (κ2) is 8.83. The minimum absolute atomic E-state index is 0.0772. The lowest BCUT2D eigenvalue weighted by Crippen LogP contribution is -2.58. The number of likely N-dealkylation sites (tertiary alicyclic amines) is 1. The van der Waals surface area contributed by atoms with E-state index < -0.39 is 42.0 Å². The summed E-state index contributed by atoms with van der Waals surface area (Å²) in [5.74, 6) is -1.85. The van der Waals surface area contributed by atoms with Gasteiger partial charge in [-0.25, -0.2) is 0 Å². The molecule has 0 unspecified atom stereocenters. The normalized spacial score (nSPS) is 30.0. The zero-order valence-corrected chi connectivity index (χ0v) is 18.1. The molecule has 0 aromatic rings. The number of carboxylic acids is 1. The third kappa shape index (κ3) is 4.40. The molecular weight excluding hydrogens is 412 g/mol. The number of carboxylic acid groups (broad SMARTS) is 1. The Bertz CT molecular complexity index is 761. The number of hydrogen-bond donors (Lipinski definition) is 3. The van der Waals surface area contributed by atoms with E-state index >= 15 is 0 Å². The van der Waals surface area contributed by atoms with Crippen LogP contribution in [0.2, 0.25) is 0 Å². The molecule has 3 saturated heterocycles. The zero-order valence-electron chi connectivity index (χ0n) is 17.3. The lowest BCUT2D eigenvalue weighted by Gasteiger charge is -2.35. The Hall–Kier alpha value is -2.30. The smallest absolute Gasteiger partial charge is 0.325 e. The molecule has 6 atom stereocenters. The summed E-state index contributed by atoms with van der Waals surface area (Å²) in [5, 5.41) is 14.1. The van der Waals surface area contributed by atoms with Gasteiger partial charge in [0, 0.05) is 30.5 Å². The van der Waals surface area contributed by atoms with E-state index in [-0.39, 0.29) is 23.1 Å². The van der Waals surface area contributed by atoms with Crippen LogP contribution in [0.15, 0.2) is 0 Å². The molecule has 10 nitrogen and oxygen atoms in total. The van der Waals surface area contributed by atoms with Gasteiger partial charge in [0.25, 0.3) is 0 Å². The summed E-state index contributed by atoms with van der Waals surface area (Å²) in [6, 6.07) is -3.35. The largest absolute Gasteiger partial charge is 0.480 e. The van der Waals surface area contributed by atoms with E-state index in [9.17, 15) is 24.0 Å². The van der Waals surface area contributed by atoms with Crippen LogP contribution in [-0.4, -0.2) is 92.3 Å². The van der Waals surface area contributed by atoms with Crippen molar-refractivity contribution in [2.45, 2.75) is 75.5 Å². The number of thioether (sulfide) groups is 1. The summed E-state index contributed by atoms with van der Waals surface area (Å²) in [6.07, 6.45) is 1.76. The maximum absolute atomic E-state index is 13.3.